The van der Waals surface area contributed by atoms with E-state index in [0.717, 1.165) is 39.8 Å². The SMILES string of the molecule is COc1ccc(-c2cc(C(N)=O)nc3cc(CCc4cncnc4N)ccc23)cc1. The lowest BCUT2D eigenvalue weighted by Crippen LogP contribution is -2.13. The van der Waals surface area contributed by atoms with Gasteiger partial charge in [0.05, 0.1) is 12.6 Å². The third-order valence-electron chi connectivity index (χ3n) is 5.03. The molecule has 0 radical (unpaired) electrons. The Bertz CT molecular complexity index is 1220. The summed E-state index contributed by atoms with van der Waals surface area (Å²) in [5, 5.41) is 0.941. The predicted molar refractivity (Wildman–Crippen MR) is 116 cm³/mol. The highest BCUT2D eigenvalue weighted by Gasteiger charge is 2.12. The molecule has 0 aliphatic heterocycles. The quantitative estimate of drug-likeness (QED) is 0.514. The van der Waals surface area contributed by atoms with Crippen molar-refractivity contribution >= 4 is 22.6 Å². The summed E-state index contributed by atoms with van der Waals surface area (Å²) in [6, 6.07) is 15.4. The lowest BCUT2D eigenvalue weighted by Gasteiger charge is -2.11. The smallest absolute Gasteiger partial charge is 0.267 e. The van der Waals surface area contributed by atoms with Crippen molar-refractivity contribution in [3.63, 3.8) is 0 Å². The topological polar surface area (TPSA) is 117 Å². The van der Waals surface area contributed by atoms with Crippen molar-refractivity contribution in [2.45, 2.75) is 12.8 Å². The molecule has 30 heavy (non-hydrogen) atoms. The summed E-state index contributed by atoms with van der Waals surface area (Å²) in [5.74, 6) is 0.687. The third kappa shape index (κ3) is 3.91. The van der Waals surface area contributed by atoms with Crippen LogP contribution in [0.15, 0.2) is 61.1 Å². The molecule has 2 aromatic carbocycles. The normalized spacial score (nSPS) is 10.8. The van der Waals surface area contributed by atoms with Gasteiger partial charge in [-0.2, -0.15) is 0 Å². The van der Waals surface area contributed by atoms with E-state index in [1.54, 1.807) is 19.4 Å². The van der Waals surface area contributed by atoms with E-state index in [9.17, 15) is 4.79 Å². The van der Waals surface area contributed by atoms with Gasteiger partial charge >= 0.3 is 0 Å². The largest absolute Gasteiger partial charge is 0.497 e. The second-order valence-corrected chi connectivity index (χ2v) is 6.93. The van der Waals surface area contributed by atoms with Gasteiger partial charge in [-0.25, -0.2) is 15.0 Å². The lowest BCUT2D eigenvalue weighted by molar-refractivity contribution is 0.0996. The van der Waals surface area contributed by atoms with Crippen molar-refractivity contribution in [2.75, 3.05) is 12.8 Å². The van der Waals surface area contributed by atoms with E-state index in [2.05, 4.69) is 21.0 Å². The molecule has 1 amide bonds. The molecular weight excluding hydrogens is 378 g/mol. The number of ether oxygens (including phenoxy) is 1. The van der Waals surface area contributed by atoms with Crippen LogP contribution in [0.5, 0.6) is 5.75 Å². The Balaban J connectivity index is 1.73. The third-order valence-corrected chi connectivity index (χ3v) is 5.03. The van der Waals surface area contributed by atoms with Crippen LogP contribution in [0.1, 0.15) is 21.6 Å². The molecule has 0 saturated heterocycles. The van der Waals surface area contributed by atoms with Crippen LogP contribution in [0.2, 0.25) is 0 Å². The Hall–Kier alpha value is -4.00. The molecule has 0 spiro atoms. The fourth-order valence-corrected chi connectivity index (χ4v) is 3.40. The molecule has 7 heteroatoms. The molecule has 150 valence electrons. The minimum atomic E-state index is -0.564. The fraction of sp³-hybridized carbons (Fsp3) is 0.130. The van der Waals surface area contributed by atoms with Crippen molar-refractivity contribution in [2.24, 2.45) is 5.73 Å². The maximum atomic E-state index is 11.9. The number of carbonyl (C=O) groups is 1. The van der Waals surface area contributed by atoms with E-state index < -0.39 is 5.91 Å². The molecule has 0 bridgehead atoms. The first-order chi connectivity index (χ1) is 14.5. The maximum Gasteiger partial charge on any atom is 0.267 e. The Labute approximate surface area is 173 Å². The number of aromatic nitrogens is 3. The van der Waals surface area contributed by atoms with Gasteiger partial charge < -0.3 is 16.2 Å². The van der Waals surface area contributed by atoms with Crippen LogP contribution < -0.4 is 16.2 Å². The van der Waals surface area contributed by atoms with Gasteiger partial charge in [-0.15, -0.1) is 0 Å². The number of hydrogen-bond acceptors (Lipinski definition) is 6. The summed E-state index contributed by atoms with van der Waals surface area (Å²) in [4.78, 5) is 24.4. The number of rotatable bonds is 6. The van der Waals surface area contributed by atoms with Crippen LogP contribution in [0.25, 0.3) is 22.0 Å². The van der Waals surface area contributed by atoms with Crippen molar-refractivity contribution in [3.8, 4) is 16.9 Å². The zero-order valence-corrected chi connectivity index (χ0v) is 16.5. The van der Waals surface area contributed by atoms with Crippen LogP contribution in [-0.2, 0) is 12.8 Å². The van der Waals surface area contributed by atoms with E-state index in [4.69, 9.17) is 16.2 Å². The van der Waals surface area contributed by atoms with Gasteiger partial charge in [0.25, 0.3) is 5.91 Å². The van der Waals surface area contributed by atoms with Crippen LogP contribution in [0, 0.1) is 0 Å². The first-order valence-corrected chi connectivity index (χ1v) is 9.47. The zero-order chi connectivity index (χ0) is 21.1. The standard InChI is InChI=1S/C23H21N5O2/c1-30-17-7-5-15(6-8-17)19-11-21(23(25)29)28-20-10-14(3-9-18(19)20)2-4-16-12-26-13-27-22(16)24/h3,5-13H,2,4H2,1H3,(H2,25,29)(H2,24,26,27). The highest BCUT2D eigenvalue weighted by molar-refractivity contribution is 6.01. The zero-order valence-electron chi connectivity index (χ0n) is 16.5. The minimum absolute atomic E-state index is 0.228. The number of primary amides is 1. The summed E-state index contributed by atoms with van der Waals surface area (Å²) in [5.41, 5.74) is 16.2. The molecule has 0 fully saturated rings. The molecule has 4 aromatic rings. The molecule has 0 atom stereocenters. The summed E-state index contributed by atoms with van der Waals surface area (Å²) < 4.78 is 5.24. The van der Waals surface area contributed by atoms with Crippen LogP contribution in [0.3, 0.4) is 0 Å². The summed E-state index contributed by atoms with van der Waals surface area (Å²) >= 11 is 0. The lowest BCUT2D eigenvalue weighted by atomic mass is 9.97. The van der Waals surface area contributed by atoms with E-state index in [1.807, 2.05) is 36.4 Å². The van der Waals surface area contributed by atoms with Crippen LogP contribution in [-0.4, -0.2) is 28.0 Å². The predicted octanol–water partition coefficient (Wildman–Crippen LogP) is 3.17. The number of aryl methyl sites for hydroxylation is 2. The van der Waals surface area contributed by atoms with Gasteiger partial charge in [-0.05, 0) is 53.8 Å². The highest BCUT2D eigenvalue weighted by atomic mass is 16.5. The van der Waals surface area contributed by atoms with Crippen molar-refractivity contribution < 1.29 is 9.53 Å². The number of nitrogens with two attached hydrogens (primary N) is 2. The first-order valence-electron chi connectivity index (χ1n) is 9.47. The second kappa shape index (κ2) is 8.16. The average molecular weight is 399 g/mol. The van der Waals surface area contributed by atoms with Crippen molar-refractivity contribution in [1.29, 1.82) is 0 Å². The number of benzene rings is 2. The molecule has 0 aliphatic carbocycles. The number of amides is 1. The molecule has 0 unspecified atom stereocenters. The van der Waals surface area contributed by atoms with Gasteiger partial charge in [-0.3, -0.25) is 4.79 Å². The number of hydrogen-bond donors (Lipinski definition) is 2. The van der Waals surface area contributed by atoms with Crippen LogP contribution >= 0.6 is 0 Å². The second-order valence-electron chi connectivity index (χ2n) is 6.93. The Morgan fingerprint density at radius 3 is 2.57 bits per heavy atom. The first kappa shape index (κ1) is 19.3. The molecule has 2 heterocycles. The molecule has 4 rings (SSSR count). The summed E-state index contributed by atoms with van der Waals surface area (Å²) in [6.07, 6.45) is 4.62. The fourth-order valence-electron chi connectivity index (χ4n) is 3.40. The van der Waals surface area contributed by atoms with E-state index >= 15 is 0 Å². The van der Waals surface area contributed by atoms with E-state index in [1.165, 1.54) is 6.33 Å². The number of carbonyl (C=O) groups excluding carboxylic acids is 1. The van der Waals surface area contributed by atoms with Gasteiger partial charge in [0, 0.05) is 17.1 Å². The van der Waals surface area contributed by atoms with Gasteiger partial charge in [-0.1, -0.05) is 24.3 Å². The molecule has 4 N–H and O–H groups in total. The summed E-state index contributed by atoms with van der Waals surface area (Å²) in [6.45, 7) is 0. The number of anilines is 1. The molecular formula is C23H21N5O2. The Kier molecular flexibility index (Phi) is 5.26. The minimum Gasteiger partial charge on any atom is -0.497 e. The number of nitrogens with zero attached hydrogens (tertiary/aromatic N) is 3. The number of fused-ring (bicyclic) bond motifs is 1. The Morgan fingerprint density at radius 2 is 1.87 bits per heavy atom. The molecule has 0 saturated carbocycles. The number of methoxy groups -OCH3 is 1. The number of pyridine rings is 1. The van der Waals surface area contributed by atoms with Gasteiger partial charge in [0.1, 0.15) is 23.6 Å². The van der Waals surface area contributed by atoms with Crippen LogP contribution in [0.4, 0.5) is 5.82 Å². The molecule has 7 nitrogen and oxygen atoms in total. The Morgan fingerprint density at radius 1 is 1.07 bits per heavy atom. The summed E-state index contributed by atoms with van der Waals surface area (Å²) in [7, 11) is 1.62. The van der Waals surface area contributed by atoms with E-state index in [0.29, 0.717) is 17.8 Å². The average Bonchev–Trinajstić information content (AvgIpc) is 2.77. The molecule has 2 aromatic heterocycles. The highest BCUT2D eigenvalue weighted by Crippen LogP contribution is 2.31. The van der Waals surface area contributed by atoms with Crippen molar-refractivity contribution in [1.82, 2.24) is 15.0 Å². The van der Waals surface area contributed by atoms with Gasteiger partial charge in [0.15, 0.2) is 0 Å². The number of nitrogen functional groups attached to an aromatic ring is 1. The monoisotopic (exact) mass is 399 g/mol. The maximum absolute atomic E-state index is 11.9. The molecule has 0 aliphatic rings. The van der Waals surface area contributed by atoms with Gasteiger partial charge in [0.2, 0.25) is 0 Å². The van der Waals surface area contributed by atoms with Crippen molar-refractivity contribution in [3.05, 3.63) is 77.9 Å². The van der Waals surface area contributed by atoms with E-state index in [-0.39, 0.29) is 5.69 Å².